The van der Waals surface area contributed by atoms with Gasteiger partial charge in [-0.1, -0.05) is 20.8 Å². The predicted molar refractivity (Wildman–Crippen MR) is 143 cm³/mol. The molecule has 1 saturated heterocycles. The van der Waals surface area contributed by atoms with Gasteiger partial charge in [0.1, 0.15) is 5.82 Å². The van der Waals surface area contributed by atoms with Crippen LogP contribution in [0, 0.1) is 0 Å². The van der Waals surface area contributed by atoms with Crippen molar-refractivity contribution in [2.24, 2.45) is 12.0 Å². The second-order valence-corrected chi connectivity index (χ2v) is 8.57. The summed E-state index contributed by atoms with van der Waals surface area (Å²) in [6, 6.07) is 4.27. The molecule has 1 N–H and O–H groups in total. The van der Waals surface area contributed by atoms with Crippen LogP contribution in [0.25, 0.3) is 0 Å². The summed E-state index contributed by atoms with van der Waals surface area (Å²) in [5, 5.41) is 8.12. The first-order valence-corrected chi connectivity index (χ1v) is 11.3. The molecule has 8 nitrogen and oxygen atoms in total. The van der Waals surface area contributed by atoms with Crippen molar-refractivity contribution in [2.45, 2.75) is 39.8 Å². The summed E-state index contributed by atoms with van der Waals surface area (Å²) in [4.78, 5) is 16.1. The molecular weight excluding hydrogens is 515 g/mol. The standard InChI is InChI=1S/C23H38N8.HI/c1-7-30-10-12-31(13-11-30)21-14-19(8-9-25-21)15-26-23(24-4)28(5)16-20-17-29(6)27-22(20)18(2)3;/h8-9,14,17-18H,7,10-13,15-16H2,1-6H3,(H,24,26);1H. The van der Waals surface area contributed by atoms with Crippen molar-refractivity contribution in [1.82, 2.24) is 29.9 Å². The van der Waals surface area contributed by atoms with Crippen LogP contribution in [0.3, 0.4) is 0 Å². The van der Waals surface area contributed by atoms with E-state index >= 15 is 0 Å². The minimum absolute atomic E-state index is 0. The van der Waals surface area contributed by atoms with E-state index < -0.39 is 0 Å². The molecular formula is C23H39IN8. The molecule has 2 aromatic heterocycles. The van der Waals surface area contributed by atoms with Crippen molar-refractivity contribution in [1.29, 1.82) is 0 Å². The highest BCUT2D eigenvalue weighted by Crippen LogP contribution is 2.19. The molecule has 0 unspecified atom stereocenters. The van der Waals surface area contributed by atoms with Gasteiger partial charge in [0, 0.05) is 78.4 Å². The SMILES string of the molecule is CCN1CCN(c2cc(CNC(=NC)N(C)Cc3cn(C)nc3C(C)C)ccn2)CC1.I. The molecule has 0 saturated carbocycles. The largest absolute Gasteiger partial charge is 0.354 e. The first-order chi connectivity index (χ1) is 14.9. The van der Waals surface area contributed by atoms with Crippen molar-refractivity contribution in [3.05, 3.63) is 41.3 Å². The average Bonchev–Trinajstić information content (AvgIpc) is 3.14. The van der Waals surface area contributed by atoms with E-state index in [1.54, 1.807) is 0 Å². The number of nitrogens with zero attached hydrogens (tertiary/aromatic N) is 7. The van der Waals surface area contributed by atoms with E-state index in [0.717, 1.165) is 56.7 Å². The Hall–Kier alpha value is -1.88. The number of rotatable bonds is 7. The Balaban J connectivity index is 0.00000363. The van der Waals surface area contributed by atoms with E-state index in [9.17, 15) is 0 Å². The molecule has 0 aromatic carbocycles. The van der Waals surface area contributed by atoms with Crippen LogP contribution in [0.15, 0.2) is 29.5 Å². The molecule has 3 heterocycles. The second-order valence-electron chi connectivity index (χ2n) is 8.57. The maximum Gasteiger partial charge on any atom is 0.193 e. The van der Waals surface area contributed by atoms with Crippen molar-refractivity contribution in [2.75, 3.05) is 51.7 Å². The van der Waals surface area contributed by atoms with Crippen molar-refractivity contribution < 1.29 is 0 Å². The highest BCUT2D eigenvalue weighted by Gasteiger charge is 2.18. The van der Waals surface area contributed by atoms with E-state index in [-0.39, 0.29) is 24.0 Å². The Morgan fingerprint density at radius 1 is 1.25 bits per heavy atom. The number of halogens is 1. The van der Waals surface area contributed by atoms with Gasteiger partial charge in [0.05, 0.1) is 5.69 Å². The van der Waals surface area contributed by atoms with Gasteiger partial charge in [-0.05, 0) is 30.2 Å². The number of anilines is 1. The Bertz CT molecular complexity index is 871. The summed E-state index contributed by atoms with van der Waals surface area (Å²) in [7, 11) is 5.87. The molecule has 0 atom stereocenters. The van der Waals surface area contributed by atoms with Crippen LogP contribution in [0.4, 0.5) is 5.82 Å². The first-order valence-electron chi connectivity index (χ1n) is 11.3. The number of guanidine groups is 1. The second kappa shape index (κ2) is 12.4. The van der Waals surface area contributed by atoms with E-state index in [2.05, 4.69) is 81.2 Å². The van der Waals surface area contributed by atoms with Gasteiger partial charge < -0.3 is 20.0 Å². The van der Waals surface area contributed by atoms with Crippen LogP contribution in [-0.2, 0) is 20.1 Å². The van der Waals surface area contributed by atoms with Gasteiger partial charge in [-0.2, -0.15) is 5.10 Å². The molecule has 3 rings (SSSR count). The van der Waals surface area contributed by atoms with Crippen LogP contribution in [0.2, 0.25) is 0 Å². The third kappa shape index (κ3) is 6.81. The zero-order valence-corrected chi connectivity index (χ0v) is 22.7. The molecule has 0 amide bonds. The number of aryl methyl sites for hydroxylation is 1. The van der Waals surface area contributed by atoms with Gasteiger partial charge in [0.2, 0.25) is 0 Å². The summed E-state index contributed by atoms with van der Waals surface area (Å²) in [5.74, 6) is 2.33. The zero-order chi connectivity index (χ0) is 22.4. The van der Waals surface area contributed by atoms with Gasteiger partial charge in [0.25, 0.3) is 0 Å². The van der Waals surface area contributed by atoms with Crippen LogP contribution in [0.1, 0.15) is 43.5 Å². The number of hydrogen-bond donors (Lipinski definition) is 1. The normalized spacial score (nSPS) is 15.1. The topological polar surface area (TPSA) is 64.8 Å². The number of piperazine rings is 1. The lowest BCUT2D eigenvalue weighted by Gasteiger charge is -2.34. The fourth-order valence-electron chi connectivity index (χ4n) is 4.10. The minimum atomic E-state index is 0. The van der Waals surface area contributed by atoms with Crippen LogP contribution in [0.5, 0.6) is 0 Å². The summed E-state index contributed by atoms with van der Waals surface area (Å²) >= 11 is 0. The molecule has 0 radical (unpaired) electrons. The molecule has 178 valence electrons. The molecule has 1 aliphatic rings. The Morgan fingerprint density at radius 2 is 1.97 bits per heavy atom. The lowest BCUT2D eigenvalue weighted by atomic mass is 10.1. The van der Waals surface area contributed by atoms with E-state index in [4.69, 9.17) is 0 Å². The number of aromatic nitrogens is 3. The summed E-state index contributed by atoms with van der Waals surface area (Å²) in [5.41, 5.74) is 3.59. The molecule has 1 aliphatic heterocycles. The van der Waals surface area contributed by atoms with E-state index in [0.29, 0.717) is 12.5 Å². The maximum atomic E-state index is 4.62. The fraction of sp³-hybridized carbons (Fsp3) is 0.609. The van der Waals surface area contributed by atoms with Gasteiger partial charge >= 0.3 is 0 Å². The number of likely N-dealkylation sites (N-methyl/N-ethyl adjacent to an activating group) is 1. The number of nitrogens with one attached hydrogen (secondary N) is 1. The number of pyridine rings is 1. The fourth-order valence-corrected chi connectivity index (χ4v) is 4.10. The first kappa shape index (κ1) is 26.4. The maximum absolute atomic E-state index is 4.62. The average molecular weight is 555 g/mol. The lowest BCUT2D eigenvalue weighted by molar-refractivity contribution is 0.270. The Labute approximate surface area is 210 Å². The summed E-state index contributed by atoms with van der Waals surface area (Å²) in [6.45, 7) is 13.5. The molecule has 0 spiro atoms. The van der Waals surface area contributed by atoms with Crippen molar-refractivity contribution in [3.8, 4) is 0 Å². The smallest absolute Gasteiger partial charge is 0.193 e. The van der Waals surface area contributed by atoms with E-state index in [1.165, 1.54) is 11.1 Å². The van der Waals surface area contributed by atoms with Crippen LogP contribution >= 0.6 is 24.0 Å². The lowest BCUT2D eigenvalue weighted by Crippen LogP contribution is -2.46. The molecule has 1 fully saturated rings. The summed E-state index contributed by atoms with van der Waals surface area (Å²) in [6.07, 6.45) is 4.02. The molecule has 0 bridgehead atoms. The monoisotopic (exact) mass is 554 g/mol. The quantitative estimate of drug-likeness (QED) is 0.323. The van der Waals surface area contributed by atoms with Crippen LogP contribution < -0.4 is 10.2 Å². The van der Waals surface area contributed by atoms with Gasteiger partial charge in [-0.15, -0.1) is 24.0 Å². The van der Waals surface area contributed by atoms with Gasteiger partial charge in [0.15, 0.2) is 5.96 Å². The van der Waals surface area contributed by atoms with Crippen molar-refractivity contribution in [3.63, 3.8) is 0 Å². The molecule has 32 heavy (non-hydrogen) atoms. The Kier molecular flexibility index (Phi) is 10.2. The highest BCUT2D eigenvalue weighted by atomic mass is 127. The van der Waals surface area contributed by atoms with Gasteiger partial charge in [-0.3, -0.25) is 9.67 Å². The molecule has 0 aliphatic carbocycles. The third-order valence-electron chi connectivity index (χ3n) is 5.87. The number of aliphatic imine (C=N–C) groups is 1. The predicted octanol–water partition coefficient (Wildman–Crippen LogP) is 2.91. The number of hydrogen-bond acceptors (Lipinski definition) is 5. The molecule has 2 aromatic rings. The van der Waals surface area contributed by atoms with Crippen molar-refractivity contribution >= 4 is 35.8 Å². The summed E-state index contributed by atoms with van der Waals surface area (Å²) < 4.78 is 1.90. The van der Waals surface area contributed by atoms with Crippen LogP contribution in [-0.4, -0.2) is 77.3 Å². The zero-order valence-electron chi connectivity index (χ0n) is 20.4. The Morgan fingerprint density at radius 3 is 2.59 bits per heavy atom. The van der Waals surface area contributed by atoms with E-state index in [1.807, 2.05) is 25.0 Å². The molecule has 9 heteroatoms. The highest BCUT2D eigenvalue weighted by molar-refractivity contribution is 14.0. The minimum Gasteiger partial charge on any atom is -0.354 e. The third-order valence-corrected chi connectivity index (χ3v) is 5.87. The van der Waals surface area contributed by atoms with Gasteiger partial charge in [-0.25, -0.2) is 4.98 Å².